The Morgan fingerprint density at radius 1 is 1.15 bits per heavy atom. The molecule has 3 heteroatoms. The van der Waals surface area contributed by atoms with Crippen molar-refractivity contribution in [2.24, 2.45) is 5.92 Å². The number of hydrogen-bond donors (Lipinski definition) is 0. The van der Waals surface area contributed by atoms with Gasteiger partial charge < -0.3 is 0 Å². The zero-order chi connectivity index (χ0) is 14.5. The average Bonchev–Trinajstić information content (AvgIpc) is 2.45. The minimum absolute atomic E-state index is 0.181. The number of benzene rings is 1. The first-order chi connectivity index (χ1) is 9.65. The van der Waals surface area contributed by atoms with Crippen LogP contribution in [0.4, 0.5) is 8.78 Å². The fourth-order valence-electron chi connectivity index (χ4n) is 2.82. The summed E-state index contributed by atoms with van der Waals surface area (Å²) in [6, 6.07) is 4.18. The van der Waals surface area contributed by atoms with E-state index in [0.717, 1.165) is 25.7 Å². The van der Waals surface area contributed by atoms with E-state index in [2.05, 4.69) is 12.7 Å². The molecule has 0 atom stereocenters. The maximum Gasteiger partial charge on any atom is 0.144 e. The topological polar surface area (TPSA) is 23.8 Å². The number of hydrogen-bond acceptors (Lipinski definition) is 1. The van der Waals surface area contributed by atoms with Crippen molar-refractivity contribution < 1.29 is 8.78 Å². The van der Waals surface area contributed by atoms with Crippen molar-refractivity contribution in [3.8, 4) is 6.07 Å². The molecule has 0 unspecified atom stereocenters. The van der Waals surface area contributed by atoms with Crippen molar-refractivity contribution in [2.45, 2.75) is 31.6 Å². The number of rotatable bonds is 3. The van der Waals surface area contributed by atoms with E-state index in [0.29, 0.717) is 11.5 Å². The molecule has 0 amide bonds. The first-order valence-corrected chi connectivity index (χ1v) is 6.84. The molecule has 0 radical (unpaired) electrons. The van der Waals surface area contributed by atoms with Crippen LogP contribution in [0.15, 0.2) is 36.9 Å². The van der Waals surface area contributed by atoms with E-state index in [1.54, 1.807) is 12.1 Å². The summed E-state index contributed by atoms with van der Waals surface area (Å²) in [6.45, 7) is 3.65. The molecule has 0 aromatic heterocycles. The highest BCUT2D eigenvalue weighted by Gasteiger charge is 2.23. The third-order valence-corrected chi connectivity index (χ3v) is 3.94. The second-order valence-electron chi connectivity index (χ2n) is 5.20. The summed E-state index contributed by atoms with van der Waals surface area (Å²) in [4.78, 5) is 0. The second-order valence-corrected chi connectivity index (χ2v) is 5.20. The molecule has 1 fully saturated rings. The molecule has 0 bridgehead atoms. The molecule has 0 saturated heterocycles. The van der Waals surface area contributed by atoms with Crippen LogP contribution in [0.2, 0.25) is 0 Å². The van der Waals surface area contributed by atoms with Crippen molar-refractivity contribution in [1.29, 1.82) is 5.26 Å². The van der Waals surface area contributed by atoms with E-state index in [1.165, 1.54) is 12.1 Å². The fraction of sp³-hybridized carbons (Fsp3) is 0.353. The van der Waals surface area contributed by atoms with E-state index < -0.39 is 17.2 Å². The quantitative estimate of drug-likeness (QED) is 0.722. The number of halogens is 2. The van der Waals surface area contributed by atoms with Crippen LogP contribution in [0, 0.1) is 28.9 Å². The first-order valence-electron chi connectivity index (χ1n) is 6.84. The summed E-state index contributed by atoms with van der Waals surface area (Å²) in [7, 11) is 0. The molecular weight excluding hydrogens is 256 g/mol. The van der Waals surface area contributed by atoms with Gasteiger partial charge in [0.05, 0.1) is 0 Å². The molecule has 0 N–H and O–H groups in total. The maximum atomic E-state index is 13.6. The Bertz CT molecular complexity index is 538. The van der Waals surface area contributed by atoms with Crippen molar-refractivity contribution >= 4 is 0 Å². The minimum atomic E-state index is -0.754. The molecule has 0 aliphatic heterocycles. The lowest BCUT2D eigenvalue weighted by Crippen LogP contribution is -2.12. The Morgan fingerprint density at radius 3 is 2.25 bits per heavy atom. The van der Waals surface area contributed by atoms with Gasteiger partial charge >= 0.3 is 0 Å². The van der Waals surface area contributed by atoms with Gasteiger partial charge in [0.1, 0.15) is 23.3 Å². The van der Waals surface area contributed by atoms with E-state index in [1.807, 2.05) is 6.08 Å². The Balaban J connectivity index is 2.10. The van der Waals surface area contributed by atoms with Gasteiger partial charge in [-0.2, -0.15) is 5.26 Å². The van der Waals surface area contributed by atoms with Gasteiger partial charge in [0.25, 0.3) is 0 Å². The molecule has 20 heavy (non-hydrogen) atoms. The average molecular weight is 273 g/mol. The van der Waals surface area contributed by atoms with Gasteiger partial charge in [0.15, 0.2) is 0 Å². The van der Waals surface area contributed by atoms with Gasteiger partial charge in [-0.1, -0.05) is 24.8 Å². The Kier molecular flexibility index (Phi) is 4.68. The first kappa shape index (κ1) is 14.5. The SMILES string of the molecule is C=CC=CC1CCC(c2cc(F)c(C#N)c(F)c2)CC1. The zero-order valence-electron chi connectivity index (χ0n) is 11.3. The van der Waals surface area contributed by atoms with E-state index in [4.69, 9.17) is 5.26 Å². The second kappa shape index (κ2) is 6.47. The molecule has 1 nitrogen and oxygen atoms in total. The molecule has 1 aliphatic carbocycles. The minimum Gasteiger partial charge on any atom is -0.205 e. The van der Waals surface area contributed by atoms with Crippen LogP contribution < -0.4 is 0 Å². The Hall–Kier alpha value is -1.95. The Labute approximate surface area is 118 Å². The van der Waals surface area contributed by atoms with Crippen LogP contribution in [-0.4, -0.2) is 0 Å². The third-order valence-electron chi connectivity index (χ3n) is 3.94. The normalized spacial score (nSPS) is 22.6. The van der Waals surface area contributed by atoms with Crippen LogP contribution in [0.25, 0.3) is 0 Å². The number of nitriles is 1. The summed E-state index contributed by atoms with van der Waals surface area (Å²) in [5.41, 5.74) is 0.182. The van der Waals surface area contributed by atoms with Crippen molar-refractivity contribution in [2.75, 3.05) is 0 Å². The lowest BCUT2D eigenvalue weighted by molar-refractivity contribution is 0.374. The predicted octanol–water partition coefficient (Wildman–Crippen LogP) is 4.85. The van der Waals surface area contributed by atoms with Crippen LogP contribution >= 0.6 is 0 Å². The van der Waals surface area contributed by atoms with Crippen LogP contribution in [0.1, 0.15) is 42.7 Å². The smallest absolute Gasteiger partial charge is 0.144 e. The molecule has 0 spiro atoms. The van der Waals surface area contributed by atoms with Gasteiger partial charge in [-0.25, -0.2) is 8.78 Å². The summed E-state index contributed by atoms with van der Waals surface area (Å²) in [5, 5.41) is 8.67. The Morgan fingerprint density at radius 2 is 1.75 bits per heavy atom. The zero-order valence-corrected chi connectivity index (χ0v) is 11.3. The molecule has 104 valence electrons. The van der Waals surface area contributed by atoms with Gasteiger partial charge in [-0.15, -0.1) is 0 Å². The summed E-state index contributed by atoms with van der Waals surface area (Å²) < 4.78 is 27.2. The highest BCUT2D eigenvalue weighted by molar-refractivity contribution is 5.36. The molecule has 1 aromatic rings. The molecule has 1 aromatic carbocycles. The molecule has 1 aliphatic rings. The van der Waals surface area contributed by atoms with Gasteiger partial charge in [0.2, 0.25) is 0 Å². The molecule has 0 heterocycles. The lowest BCUT2D eigenvalue weighted by Gasteiger charge is -2.27. The van der Waals surface area contributed by atoms with Gasteiger partial charge in [-0.05, 0) is 55.2 Å². The third kappa shape index (κ3) is 3.14. The van der Waals surface area contributed by atoms with E-state index in [-0.39, 0.29) is 5.92 Å². The van der Waals surface area contributed by atoms with E-state index >= 15 is 0 Å². The molecule has 2 rings (SSSR count). The van der Waals surface area contributed by atoms with Gasteiger partial charge in [-0.3, -0.25) is 0 Å². The molecule has 1 saturated carbocycles. The van der Waals surface area contributed by atoms with Crippen LogP contribution in [0.3, 0.4) is 0 Å². The monoisotopic (exact) mass is 273 g/mol. The lowest BCUT2D eigenvalue weighted by atomic mass is 9.78. The predicted molar refractivity (Wildman–Crippen MR) is 75.1 cm³/mol. The van der Waals surface area contributed by atoms with E-state index in [9.17, 15) is 8.78 Å². The summed E-state index contributed by atoms with van der Waals surface area (Å²) in [6.07, 6.45) is 9.71. The van der Waals surface area contributed by atoms with Crippen molar-refractivity contribution in [1.82, 2.24) is 0 Å². The molecular formula is C17H17F2N. The standard InChI is InChI=1S/C17H17F2N/c1-2-3-4-12-5-7-13(8-6-12)14-9-16(18)15(11-20)17(19)10-14/h2-4,9-10,12-13H,1,5-8H2. The van der Waals surface area contributed by atoms with Crippen molar-refractivity contribution in [3.05, 3.63) is 59.7 Å². The summed E-state index contributed by atoms with van der Waals surface area (Å²) in [5.74, 6) is -0.801. The number of nitrogens with zero attached hydrogens (tertiary/aromatic N) is 1. The maximum absolute atomic E-state index is 13.6. The van der Waals surface area contributed by atoms with Crippen LogP contribution in [0.5, 0.6) is 0 Å². The summed E-state index contributed by atoms with van der Waals surface area (Å²) >= 11 is 0. The highest BCUT2D eigenvalue weighted by Crippen LogP contribution is 2.37. The highest BCUT2D eigenvalue weighted by atomic mass is 19.1. The fourth-order valence-corrected chi connectivity index (χ4v) is 2.82. The van der Waals surface area contributed by atoms with Crippen molar-refractivity contribution in [3.63, 3.8) is 0 Å². The number of allylic oxidation sites excluding steroid dienone is 3. The van der Waals surface area contributed by atoms with Gasteiger partial charge in [0, 0.05) is 0 Å². The van der Waals surface area contributed by atoms with Crippen LogP contribution in [-0.2, 0) is 0 Å². The largest absolute Gasteiger partial charge is 0.205 e.